The molecule has 6 heteroatoms. The van der Waals surface area contributed by atoms with E-state index in [1.54, 1.807) is 0 Å². The maximum absolute atomic E-state index is 11.7. The summed E-state index contributed by atoms with van der Waals surface area (Å²) in [6.07, 6.45) is -0.163. The average molecular weight is 346 g/mol. The van der Waals surface area contributed by atoms with Crippen molar-refractivity contribution in [2.24, 2.45) is 0 Å². The fourth-order valence-electron chi connectivity index (χ4n) is 1.77. The summed E-state index contributed by atoms with van der Waals surface area (Å²) >= 11 is 2.58. The molecule has 0 aromatic heterocycles. The molecule has 0 unspecified atom stereocenters. The molecule has 23 heavy (non-hydrogen) atoms. The highest BCUT2D eigenvalue weighted by atomic mass is 32.2. The van der Waals surface area contributed by atoms with Crippen LogP contribution in [0, 0.1) is 0 Å². The third kappa shape index (κ3) is 7.25. The molecule has 0 heterocycles. The zero-order chi connectivity index (χ0) is 16.3. The first kappa shape index (κ1) is 17.4. The van der Waals surface area contributed by atoms with Crippen LogP contribution >= 0.6 is 23.9 Å². The van der Waals surface area contributed by atoms with Crippen molar-refractivity contribution in [2.45, 2.75) is 17.9 Å². The maximum Gasteiger partial charge on any atom is 0.239 e. The van der Waals surface area contributed by atoms with Crippen LogP contribution in [0.1, 0.15) is 17.5 Å². The molecule has 2 aromatic carbocycles. The number of amides is 2. The summed E-state index contributed by atoms with van der Waals surface area (Å²) in [6.45, 7) is 0. The molecule has 120 valence electrons. The van der Waals surface area contributed by atoms with Gasteiger partial charge in [-0.1, -0.05) is 60.7 Å². The molecule has 2 aromatic rings. The van der Waals surface area contributed by atoms with Crippen LogP contribution in [-0.2, 0) is 21.1 Å². The number of hydrogen-bond donors (Lipinski definition) is 2. The van der Waals surface area contributed by atoms with Gasteiger partial charge in [0.25, 0.3) is 0 Å². The molecule has 0 atom stereocenters. The van der Waals surface area contributed by atoms with Crippen molar-refractivity contribution >= 4 is 35.7 Å². The maximum atomic E-state index is 11.7. The lowest BCUT2D eigenvalue weighted by Gasteiger charge is -2.06. The Hall–Kier alpha value is -1.92. The lowest BCUT2D eigenvalue weighted by molar-refractivity contribution is -0.127. The Morgan fingerprint density at radius 2 is 1.09 bits per heavy atom. The van der Waals surface area contributed by atoms with Gasteiger partial charge in [0.1, 0.15) is 6.42 Å². The second kappa shape index (κ2) is 9.97. The molecule has 2 N–H and O–H groups in total. The Morgan fingerprint density at radius 1 is 0.696 bits per heavy atom. The van der Waals surface area contributed by atoms with E-state index in [9.17, 15) is 9.59 Å². The highest BCUT2D eigenvalue weighted by Gasteiger charge is 2.09. The van der Waals surface area contributed by atoms with Crippen molar-refractivity contribution in [1.82, 2.24) is 9.44 Å². The van der Waals surface area contributed by atoms with Gasteiger partial charge in [-0.3, -0.25) is 19.0 Å². The summed E-state index contributed by atoms with van der Waals surface area (Å²) in [4.78, 5) is 23.3. The van der Waals surface area contributed by atoms with E-state index in [0.29, 0.717) is 11.5 Å². The number of rotatable bonds is 8. The van der Waals surface area contributed by atoms with Gasteiger partial charge in [0.05, 0.1) is 0 Å². The predicted octanol–water partition coefficient (Wildman–Crippen LogP) is 3.31. The molecule has 2 rings (SSSR count). The van der Waals surface area contributed by atoms with Crippen LogP contribution in [0.5, 0.6) is 0 Å². The highest BCUT2D eigenvalue weighted by Crippen LogP contribution is 2.10. The van der Waals surface area contributed by atoms with Gasteiger partial charge in [0, 0.05) is 11.5 Å². The van der Waals surface area contributed by atoms with Gasteiger partial charge in [-0.2, -0.15) is 0 Å². The molecule has 0 spiro atoms. The first-order valence-corrected chi connectivity index (χ1v) is 9.10. The summed E-state index contributed by atoms with van der Waals surface area (Å²) < 4.78 is 5.36. The van der Waals surface area contributed by atoms with Crippen LogP contribution in [-0.4, -0.2) is 11.8 Å². The van der Waals surface area contributed by atoms with Crippen LogP contribution in [0.4, 0.5) is 0 Å². The van der Waals surface area contributed by atoms with Crippen molar-refractivity contribution in [3.63, 3.8) is 0 Å². The van der Waals surface area contributed by atoms with Gasteiger partial charge in [-0.15, -0.1) is 0 Å². The first-order chi connectivity index (χ1) is 11.2. The minimum atomic E-state index is -0.288. The number of carbonyl (C=O) groups excluding carboxylic acids is 2. The standard InChI is InChI=1S/C17H18N2O2S2/c20-16(18-22-12-14-7-3-1-4-8-14)11-17(21)19-23-13-15-9-5-2-6-10-15/h1-10H,11-13H2,(H,18,20)(H,19,21). The van der Waals surface area contributed by atoms with E-state index in [4.69, 9.17) is 0 Å². The fraction of sp³-hybridized carbons (Fsp3) is 0.176. The quantitative estimate of drug-likeness (QED) is 0.569. The van der Waals surface area contributed by atoms with Crippen molar-refractivity contribution in [2.75, 3.05) is 0 Å². The van der Waals surface area contributed by atoms with Crippen molar-refractivity contribution < 1.29 is 9.59 Å². The smallest absolute Gasteiger partial charge is 0.239 e. The SMILES string of the molecule is O=C(CC(=O)NSCc1ccccc1)NSCc1ccccc1. The molecule has 0 saturated heterocycles. The van der Waals surface area contributed by atoms with Gasteiger partial charge >= 0.3 is 0 Å². The van der Waals surface area contributed by atoms with Crippen LogP contribution in [0.25, 0.3) is 0 Å². The van der Waals surface area contributed by atoms with E-state index >= 15 is 0 Å². The van der Waals surface area contributed by atoms with E-state index in [1.807, 2.05) is 60.7 Å². The molecule has 0 bridgehead atoms. The molecule has 2 amide bonds. The van der Waals surface area contributed by atoms with Crippen LogP contribution in [0.2, 0.25) is 0 Å². The highest BCUT2D eigenvalue weighted by molar-refractivity contribution is 7.97. The molecule has 0 fully saturated rings. The number of benzene rings is 2. The van der Waals surface area contributed by atoms with Gasteiger partial charge in [0.15, 0.2) is 0 Å². The van der Waals surface area contributed by atoms with Crippen molar-refractivity contribution in [3.05, 3.63) is 71.8 Å². The van der Waals surface area contributed by atoms with E-state index < -0.39 is 0 Å². The minimum Gasteiger partial charge on any atom is -0.299 e. The Kier molecular flexibility index (Phi) is 7.56. The molecule has 0 saturated carbocycles. The average Bonchev–Trinajstić information content (AvgIpc) is 2.57. The third-order valence-electron chi connectivity index (χ3n) is 2.86. The van der Waals surface area contributed by atoms with E-state index in [0.717, 1.165) is 11.1 Å². The zero-order valence-corrected chi connectivity index (χ0v) is 14.2. The summed E-state index contributed by atoms with van der Waals surface area (Å²) in [7, 11) is 0. The summed E-state index contributed by atoms with van der Waals surface area (Å²) in [5, 5.41) is 0. The lowest BCUT2D eigenvalue weighted by Crippen LogP contribution is -2.25. The molecular formula is C17H18N2O2S2. The molecular weight excluding hydrogens is 328 g/mol. The predicted molar refractivity (Wildman–Crippen MR) is 96.4 cm³/mol. The molecule has 4 nitrogen and oxygen atoms in total. The van der Waals surface area contributed by atoms with E-state index in [-0.39, 0.29) is 18.2 Å². The number of hydrogen-bond acceptors (Lipinski definition) is 4. The normalized spacial score (nSPS) is 10.1. The Bertz CT molecular complexity index is 566. The van der Waals surface area contributed by atoms with Gasteiger partial charge in [-0.05, 0) is 35.0 Å². The van der Waals surface area contributed by atoms with Crippen molar-refractivity contribution in [3.8, 4) is 0 Å². The molecule has 0 aliphatic carbocycles. The molecule has 0 aliphatic rings. The second-order valence-electron chi connectivity index (χ2n) is 4.78. The van der Waals surface area contributed by atoms with Crippen LogP contribution in [0.15, 0.2) is 60.7 Å². The second-order valence-corrected chi connectivity index (χ2v) is 6.34. The third-order valence-corrected chi connectivity index (χ3v) is 4.56. The van der Waals surface area contributed by atoms with E-state index in [1.165, 1.54) is 23.9 Å². The van der Waals surface area contributed by atoms with Crippen molar-refractivity contribution in [1.29, 1.82) is 0 Å². The minimum absolute atomic E-state index is 0.163. The van der Waals surface area contributed by atoms with Gasteiger partial charge in [-0.25, -0.2) is 0 Å². The molecule has 0 aliphatic heterocycles. The fourth-order valence-corrected chi connectivity index (χ4v) is 3.10. The Labute approximate surface area is 144 Å². The molecule has 0 radical (unpaired) electrons. The van der Waals surface area contributed by atoms with Gasteiger partial charge in [0.2, 0.25) is 11.8 Å². The number of carbonyl (C=O) groups is 2. The summed E-state index contributed by atoms with van der Waals surface area (Å²) in [5.74, 6) is 0.779. The zero-order valence-electron chi connectivity index (χ0n) is 12.5. The van der Waals surface area contributed by atoms with E-state index in [2.05, 4.69) is 9.44 Å². The lowest BCUT2D eigenvalue weighted by atomic mass is 10.2. The monoisotopic (exact) mass is 346 g/mol. The van der Waals surface area contributed by atoms with Crippen LogP contribution < -0.4 is 9.44 Å². The largest absolute Gasteiger partial charge is 0.299 e. The first-order valence-electron chi connectivity index (χ1n) is 7.13. The summed E-state index contributed by atoms with van der Waals surface area (Å²) in [6, 6.07) is 19.7. The topological polar surface area (TPSA) is 58.2 Å². The number of nitrogens with one attached hydrogen (secondary N) is 2. The summed E-state index contributed by atoms with van der Waals surface area (Å²) in [5.41, 5.74) is 2.25. The van der Waals surface area contributed by atoms with Gasteiger partial charge < -0.3 is 0 Å². The Morgan fingerprint density at radius 3 is 1.48 bits per heavy atom. The van der Waals surface area contributed by atoms with Crippen LogP contribution in [0.3, 0.4) is 0 Å². The Balaban J connectivity index is 1.58.